The molecule has 0 aliphatic carbocycles. The number of pyridine rings is 1. The van der Waals surface area contributed by atoms with Gasteiger partial charge < -0.3 is 20.7 Å². The molecular weight excluding hydrogens is 469 g/mol. The topological polar surface area (TPSA) is 87.6 Å². The number of amides is 1. The molecule has 1 aromatic rings. The van der Waals surface area contributed by atoms with Crippen molar-refractivity contribution < 1.29 is 9.53 Å². The van der Waals surface area contributed by atoms with Gasteiger partial charge in [-0.15, -0.1) is 24.0 Å². The highest BCUT2D eigenvalue weighted by Gasteiger charge is 2.15. The summed E-state index contributed by atoms with van der Waals surface area (Å²) in [5, 5.41) is 9.64. The molecule has 0 spiro atoms. The molecule has 7 nitrogen and oxygen atoms in total. The first-order valence-electron chi connectivity index (χ1n) is 8.32. The summed E-state index contributed by atoms with van der Waals surface area (Å²) in [6.07, 6.45) is 2.96. The van der Waals surface area contributed by atoms with Crippen LogP contribution in [0.15, 0.2) is 23.3 Å². The average Bonchev–Trinajstić information content (AvgIpc) is 2.53. The molecule has 1 rings (SSSR count). The first kappa shape index (κ1) is 24.7. The van der Waals surface area contributed by atoms with Gasteiger partial charge in [0.05, 0.1) is 0 Å². The number of ether oxygens (including phenoxy) is 1. The van der Waals surface area contributed by atoms with Gasteiger partial charge >= 0.3 is 6.09 Å². The van der Waals surface area contributed by atoms with Crippen LogP contribution in [0.3, 0.4) is 0 Å². The average molecular weight is 498 g/mol. The van der Waals surface area contributed by atoms with Gasteiger partial charge in [0.15, 0.2) is 5.96 Å². The van der Waals surface area contributed by atoms with Gasteiger partial charge in [-0.05, 0) is 45.2 Å². The lowest BCUT2D eigenvalue weighted by atomic mass is 10.2. The van der Waals surface area contributed by atoms with E-state index in [1.54, 1.807) is 19.3 Å². The van der Waals surface area contributed by atoms with Gasteiger partial charge in [-0.25, -0.2) is 9.78 Å². The molecule has 0 radical (unpaired) electrons. The molecule has 9 heteroatoms. The second-order valence-electron chi connectivity index (χ2n) is 6.45. The van der Waals surface area contributed by atoms with E-state index in [9.17, 15) is 4.79 Å². The number of alkyl carbamates (subject to hydrolysis) is 1. The van der Waals surface area contributed by atoms with Crippen molar-refractivity contribution >= 4 is 47.6 Å². The number of aromatic nitrogens is 1. The number of guanidine groups is 1. The van der Waals surface area contributed by atoms with Crippen LogP contribution in [0.4, 0.5) is 4.79 Å². The van der Waals surface area contributed by atoms with Crippen molar-refractivity contribution in [2.75, 3.05) is 26.7 Å². The molecular formula is C17H29ClIN5O2. The van der Waals surface area contributed by atoms with Crippen molar-refractivity contribution in [2.45, 2.75) is 39.2 Å². The molecule has 1 amide bonds. The predicted molar refractivity (Wildman–Crippen MR) is 117 cm³/mol. The SMILES string of the molecule is CN=C(NCCCNC(=O)OC(C)(C)C)NCCc1ccc(Cl)nc1.I. The van der Waals surface area contributed by atoms with E-state index in [0.717, 1.165) is 30.9 Å². The molecule has 0 aliphatic rings. The zero-order valence-electron chi connectivity index (χ0n) is 15.8. The van der Waals surface area contributed by atoms with E-state index in [0.29, 0.717) is 18.2 Å². The quantitative estimate of drug-likeness (QED) is 0.177. The normalized spacial score (nSPS) is 11.3. The van der Waals surface area contributed by atoms with E-state index in [2.05, 4.69) is 25.9 Å². The molecule has 1 heterocycles. The Hall–Kier alpha value is -1.29. The maximum absolute atomic E-state index is 11.5. The van der Waals surface area contributed by atoms with E-state index >= 15 is 0 Å². The summed E-state index contributed by atoms with van der Waals surface area (Å²) in [5.74, 6) is 0.721. The van der Waals surface area contributed by atoms with Crippen LogP contribution < -0.4 is 16.0 Å². The summed E-state index contributed by atoms with van der Waals surface area (Å²) in [6, 6.07) is 3.73. The van der Waals surface area contributed by atoms with Gasteiger partial charge in [-0.3, -0.25) is 4.99 Å². The Bertz CT molecular complexity index is 561. The van der Waals surface area contributed by atoms with Gasteiger partial charge in [-0.2, -0.15) is 0 Å². The number of carbonyl (C=O) groups excluding carboxylic acids is 1. The van der Waals surface area contributed by atoms with Crippen molar-refractivity contribution in [1.82, 2.24) is 20.9 Å². The zero-order chi connectivity index (χ0) is 18.7. The second kappa shape index (κ2) is 13.0. The number of rotatable bonds is 7. The molecule has 1 aromatic heterocycles. The monoisotopic (exact) mass is 497 g/mol. The summed E-state index contributed by atoms with van der Waals surface area (Å²) in [5.41, 5.74) is 0.627. The zero-order valence-corrected chi connectivity index (χ0v) is 18.9. The molecule has 0 atom stereocenters. The Morgan fingerprint density at radius 1 is 1.19 bits per heavy atom. The minimum absolute atomic E-state index is 0. The smallest absolute Gasteiger partial charge is 0.407 e. The van der Waals surface area contributed by atoms with Gasteiger partial charge in [0.25, 0.3) is 0 Å². The number of carbonyl (C=O) groups is 1. The van der Waals surface area contributed by atoms with Crippen molar-refractivity contribution in [2.24, 2.45) is 4.99 Å². The lowest BCUT2D eigenvalue weighted by Crippen LogP contribution is -2.40. The maximum atomic E-state index is 11.5. The number of aliphatic imine (C=N–C) groups is 1. The van der Waals surface area contributed by atoms with E-state index in [1.165, 1.54) is 0 Å². The van der Waals surface area contributed by atoms with Gasteiger partial charge in [-0.1, -0.05) is 17.7 Å². The Balaban J connectivity index is 0.00000625. The predicted octanol–water partition coefficient (Wildman–Crippen LogP) is 2.98. The summed E-state index contributed by atoms with van der Waals surface area (Å²) < 4.78 is 5.17. The minimum atomic E-state index is -0.478. The number of nitrogens with zero attached hydrogens (tertiary/aromatic N) is 2. The molecule has 0 saturated carbocycles. The second-order valence-corrected chi connectivity index (χ2v) is 6.83. The first-order valence-corrected chi connectivity index (χ1v) is 8.70. The third-order valence-electron chi connectivity index (χ3n) is 3.03. The van der Waals surface area contributed by atoms with Crippen molar-refractivity contribution in [1.29, 1.82) is 0 Å². The lowest BCUT2D eigenvalue weighted by Gasteiger charge is -2.19. The minimum Gasteiger partial charge on any atom is -0.444 e. The molecule has 148 valence electrons. The van der Waals surface area contributed by atoms with E-state index < -0.39 is 11.7 Å². The molecule has 0 unspecified atom stereocenters. The summed E-state index contributed by atoms with van der Waals surface area (Å²) in [6.45, 7) is 7.48. The van der Waals surface area contributed by atoms with Crippen molar-refractivity contribution in [3.8, 4) is 0 Å². The Morgan fingerprint density at radius 2 is 1.85 bits per heavy atom. The largest absolute Gasteiger partial charge is 0.444 e. The van der Waals surface area contributed by atoms with Gasteiger partial charge in [0.1, 0.15) is 10.8 Å². The van der Waals surface area contributed by atoms with E-state index in [-0.39, 0.29) is 24.0 Å². The number of halogens is 2. The molecule has 0 aliphatic heterocycles. The lowest BCUT2D eigenvalue weighted by molar-refractivity contribution is 0.0527. The highest BCUT2D eigenvalue weighted by Crippen LogP contribution is 2.06. The molecule has 3 N–H and O–H groups in total. The Kier molecular flexibility index (Phi) is 12.3. The first-order chi connectivity index (χ1) is 11.8. The van der Waals surface area contributed by atoms with E-state index in [4.69, 9.17) is 16.3 Å². The summed E-state index contributed by atoms with van der Waals surface area (Å²) in [7, 11) is 1.72. The standard InChI is InChI=1S/C17H28ClN5O2.HI/c1-17(2,3)25-16(24)22-10-5-9-20-15(19-4)21-11-8-13-6-7-14(18)23-12-13;/h6-7,12H,5,8-11H2,1-4H3,(H,22,24)(H2,19,20,21);1H. The molecule has 0 aromatic carbocycles. The van der Waals surface area contributed by atoms with E-state index in [1.807, 2.05) is 26.8 Å². The third-order valence-corrected chi connectivity index (χ3v) is 3.26. The van der Waals surface area contributed by atoms with Crippen LogP contribution in [-0.4, -0.2) is 49.3 Å². The fraction of sp³-hybridized carbons (Fsp3) is 0.588. The van der Waals surface area contributed by atoms with Crippen LogP contribution in [0.2, 0.25) is 5.15 Å². The summed E-state index contributed by atoms with van der Waals surface area (Å²) in [4.78, 5) is 19.7. The van der Waals surface area contributed by atoms with Crippen molar-refractivity contribution in [3.63, 3.8) is 0 Å². The highest BCUT2D eigenvalue weighted by molar-refractivity contribution is 14.0. The fourth-order valence-corrected chi connectivity index (χ4v) is 2.01. The number of hydrogen-bond acceptors (Lipinski definition) is 4. The molecule has 26 heavy (non-hydrogen) atoms. The molecule has 0 bridgehead atoms. The Labute approximate surface area is 177 Å². The van der Waals surface area contributed by atoms with Gasteiger partial charge in [0, 0.05) is 32.9 Å². The van der Waals surface area contributed by atoms with Crippen LogP contribution >= 0.6 is 35.6 Å². The fourth-order valence-electron chi connectivity index (χ4n) is 1.90. The third kappa shape index (κ3) is 12.1. The van der Waals surface area contributed by atoms with Crippen LogP contribution in [-0.2, 0) is 11.2 Å². The van der Waals surface area contributed by atoms with Crippen LogP contribution in [0.5, 0.6) is 0 Å². The molecule has 0 fully saturated rings. The number of hydrogen-bond donors (Lipinski definition) is 3. The van der Waals surface area contributed by atoms with Crippen LogP contribution in [0.1, 0.15) is 32.8 Å². The van der Waals surface area contributed by atoms with Crippen LogP contribution in [0.25, 0.3) is 0 Å². The van der Waals surface area contributed by atoms with Gasteiger partial charge in [0.2, 0.25) is 0 Å². The summed E-state index contributed by atoms with van der Waals surface area (Å²) >= 11 is 5.76. The number of nitrogens with one attached hydrogen (secondary N) is 3. The van der Waals surface area contributed by atoms with Crippen molar-refractivity contribution in [3.05, 3.63) is 29.0 Å². The Morgan fingerprint density at radius 3 is 2.42 bits per heavy atom. The maximum Gasteiger partial charge on any atom is 0.407 e. The van der Waals surface area contributed by atoms with Crippen LogP contribution in [0, 0.1) is 0 Å². The highest BCUT2D eigenvalue weighted by atomic mass is 127. The molecule has 0 saturated heterocycles.